The summed E-state index contributed by atoms with van der Waals surface area (Å²) in [6.45, 7) is -0.101. The number of rotatable bonds is 5. The minimum absolute atomic E-state index is 0.00414. The lowest BCUT2D eigenvalue weighted by Gasteiger charge is -2.29. The molecule has 3 rings (SSSR count). The lowest BCUT2D eigenvalue weighted by atomic mass is 9.94. The number of halogens is 2. The van der Waals surface area contributed by atoms with Crippen molar-refractivity contribution in [1.82, 2.24) is 15.6 Å². The molecule has 1 aromatic heterocycles. The fraction of sp³-hybridized carbons (Fsp3) is 0.438. The van der Waals surface area contributed by atoms with Crippen LogP contribution in [0.15, 0.2) is 24.3 Å². The summed E-state index contributed by atoms with van der Waals surface area (Å²) in [7, 11) is 0. The van der Waals surface area contributed by atoms with Gasteiger partial charge in [0.1, 0.15) is 11.4 Å². The first-order valence-electron chi connectivity index (χ1n) is 7.69. The number of H-pyrrole nitrogens is 1. The first kappa shape index (κ1) is 16.7. The van der Waals surface area contributed by atoms with Crippen LogP contribution in [0.2, 0.25) is 0 Å². The smallest absolute Gasteiger partial charge is 0.387 e. The van der Waals surface area contributed by atoms with Crippen molar-refractivity contribution in [2.75, 3.05) is 13.1 Å². The predicted octanol–water partition coefficient (Wildman–Crippen LogP) is 1.61. The Balaban J connectivity index is 1.80. The molecule has 0 aliphatic carbocycles. The van der Waals surface area contributed by atoms with Crippen LogP contribution in [0.5, 0.6) is 5.75 Å². The number of carbonyl (C=O) groups excluding carboxylic acids is 1. The number of ether oxygens (including phenoxy) is 1. The summed E-state index contributed by atoms with van der Waals surface area (Å²) in [6.07, 6.45) is 0.549. The summed E-state index contributed by atoms with van der Waals surface area (Å²) in [5, 5.41) is 16.7. The van der Waals surface area contributed by atoms with Gasteiger partial charge in [0, 0.05) is 17.4 Å². The number of amides is 1. The summed E-state index contributed by atoms with van der Waals surface area (Å²) in [5.74, 6) is -0.411. The molecule has 2 aromatic rings. The predicted molar refractivity (Wildman–Crippen MR) is 84.3 cm³/mol. The van der Waals surface area contributed by atoms with Gasteiger partial charge in [0.2, 0.25) is 0 Å². The quantitative estimate of drug-likeness (QED) is 0.667. The molecular formula is C16H19F2N3O3. The molecule has 1 saturated heterocycles. The van der Waals surface area contributed by atoms with E-state index in [1.54, 1.807) is 19.1 Å². The van der Waals surface area contributed by atoms with Crippen molar-refractivity contribution < 1.29 is 23.4 Å². The highest BCUT2D eigenvalue weighted by molar-refractivity contribution is 5.99. The molecule has 2 unspecified atom stereocenters. The lowest BCUT2D eigenvalue weighted by Crippen LogP contribution is -2.52. The van der Waals surface area contributed by atoms with Crippen molar-refractivity contribution in [3.05, 3.63) is 30.0 Å². The van der Waals surface area contributed by atoms with Crippen LogP contribution in [0.1, 0.15) is 23.8 Å². The van der Waals surface area contributed by atoms with E-state index in [0.717, 1.165) is 0 Å². The van der Waals surface area contributed by atoms with Crippen molar-refractivity contribution in [3.8, 4) is 5.75 Å². The van der Waals surface area contributed by atoms with Gasteiger partial charge in [0.15, 0.2) is 0 Å². The maximum atomic E-state index is 12.5. The van der Waals surface area contributed by atoms with Crippen LogP contribution < -0.4 is 15.4 Å². The van der Waals surface area contributed by atoms with Gasteiger partial charge in [-0.1, -0.05) is 6.07 Å². The molecule has 8 heteroatoms. The summed E-state index contributed by atoms with van der Waals surface area (Å²) in [5.41, 5.74) is -0.255. The largest absolute Gasteiger partial charge is 0.434 e. The third-order valence-electron chi connectivity index (χ3n) is 4.40. The van der Waals surface area contributed by atoms with E-state index in [1.807, 2.05) is 0 Å². The van der Waals surface area contributed by atoms with E-state index in [4.69, 9.17) is 0 Å². The normalized spacial score (nSPS) is 22.0. The molecule has 1 aromatic carbocycles. The van der Waals surface area contributed by atoms with Crippen LogP contribution in [0.25, 0.3) is 10.9 Å². The second-order valence-corrected chi connectivity index (χ2v) is 6.00. The number of aromatic nitrogens is 1. The number of benzene rings is 1. The van der Waals surface area contributed by atoms with E-state index in [1.165, 1.54) is 12.1 Å². The van der Waals surface area contributed by atoms with Gasteiger partial charge in [-0.05, 0) is 38.1 Å². The fourth-order valence-electron chi connectivity index (χ4n) is 2.92. The van der Waals surface area contributed by atoms with Crippen LogP contribution in [0.4, 0.5) is 8.78 Å². The molecule has 2 heterocycles. The number of aromatic amines is 1. The number of β-amino-alcohol motifs (C(OH)–C–C–N with tert-alkyl or cyclic N) is 1. The number of fused-ring (bicyclic) bond motifs is 1. The standard InChI is InChI=1S/C16H19F2N3O3/c1-9(16(23)5-6-19-8-16)20-14(22)12-7-10-11(21-12)3-2-4-13(10)24-15(17)18/h2-4,7,9,15,19,21,23H,5-6,8H2,1H3,(H,20,22). The van der Waals surface area contributed by atoms with E-state index in [-0.39, 0.29) is 11.4 Å². The van der Waals surface area contributed by atoms with E-state index in [0.29, 0.717) is 30.4 Å². The summed E-state index contributed by atoms with van der Waals surface area (Å²) < 4.78 is 29.4. The molecule has 130 valence electrons. The van der Waals surface area contributed by atoms with Crippen LogP contribution >= 0.6 is 0 Å². The monoisotopic (exact) mass is 339 g/mol. The molecule has 0 bridgehead atoms. The molecule has 0 saturated carbocycles. The highest BCUT2D eigenvalue weighted by Crippen LogP contribution is 2.28. The Morgan fingerprint density at radius 1 is 1.46 bits per heavy atom. The van der Waals surface area contributed by atoms with Gasteiger partial charge in [0.05, 0.1) is 11.6 Å². The summed E-state index contributed by atoms with van der Waals surface area (Å²) >= 11 is 0. The molecule has 0 radical (unpaired) electrons. The van der Waals surface area contributed by atoms with E-state index < -0.39 is 24.2 Å². The average Bonchev–Trinajstić information content (AvgIpc) is 3.14. The SMILES string of the molecule is CC(NC(=O)c1cc2c(OC(F)F)cccc2[nH]1)C1(O)CCNC1. The number of hydrogen-bond acceptors (Lipinski definition) is 4. The number of alkyl halides is 2. The summed E-state index contributed by atoms with van der Waals surface area (Å²) in [4.78, 5) is 15.3. The minimum atomic E-state index is -2.94. The van der Waals surface area contributed by atoms with Crippen molar-refractivity contribution in [2.24, 2.45) is 0 Å². The lowest BCUT2D eigenvalue weighted by molar-refractivity contribution is -0.0487. The minimum Gasteiger partial charge on any atom is -0.434 e. The third-order valence-corrected chi connectivity index (χ3v) is 4.40. The Hall–Kier alpha value is -2.19. The first-order valence-corrected chi connectivity index (χ1v) is 7.69. The Labute approximate surface area is 137 Å². The van der Waals surface area contributed by atoms with Crippen molar-refractivity contribution in [2.45, 2.75) is 31.6 Å². The zero-order valence-electron chi connectivity index (χ0n) is 13.1. The molecule has 6 nitrogen and oxygen atoms in total. The van der Waals surface area contributed by atoms with Crippen LogP contribution in [0.3, 0.4) is 0 Å². The zero-order valence-corrected chi connectivity index (χ0v) is 13.1. The second-order valence-electron chi connectivity index (χ2n) is 6.00. The molecule has 1 aliphatic heterocycles. The van der Waals surface area contributed by atoms with Crippen molar-refractivity contribution >= 4 is 16.8 Å². The highest BCUT2D eigenvalue weighted by Gasteiger charge is 2.37. The Bertz CT molecular complexity index is 741. The van der Waals surface area contributed by atoms with E-state index in [2.05, 4.69) is 20.4 Å². The Morgan fingerprint density at radius 2 is 2.25 bits per heavy atom. The van der Waals surface area contributed by atoms with Gasteiger partial charge in [-0.3, -0.25) is 4.79 Å². The van der Waals surface area contributed by atoms with Gasteiger partial charge >= 0.3 is 6.61 Å². The van der Waals surface area contributed by atoms with Crippen LogP contribution in [-0.4, -0.2) is 47.3 Å². The molecular weight excluding hydrogens is 320 g/mol. The van der Waals surface area contributed by atoms with E-state index >= 15 is 0 Å². The molecule has 4 N–H and O–H groups in total. The maximum Gasteiger partial charge on any atom is 0.387 e. The molecule has 24 heavy (non-hydrogen) atoms. The van der Waals surface area contributed by atoms with Gasteiger partial charge in [0.25, 0.3) is 5.91 Å². The zero-order chi connectivity index (χ0) is 17.3. The first-order chi connectivity index (χ1) is 11.4. The van der Waals surface area contributed by atoms with Crippen LogP contribution in [-0.2, 0) is 0 Å². The fourth-order valence-corrected chi connectivity index (χ4v) is 2.92. The number of hydrogen-bond donors (Lipinski definition) is 4. The number of nitrogens with one attached hydrogen (secondary N) is 3. The van der Waals surface area contributed by atoms with E-state index in [9.17, 15) is 18.7 Å². The van der Waals surface area contributed by atoms with Gasteiger partial charge in [-0.25, -0.2) is 0 Å². The Kier molecular flexibility index (Phi) is 4.42. The van der Waals surface area contributed by atoms with Gasteiger partial charge in [-0.2, -0.15) is 8.78 Å². The highest BCUT2D eigenvalue weighted by atomic mass is 19.3. The van der Waals surface area contributed by atoms with Gasteiger partial charge in [-0.15, -0.1) is 0 Å². The number of carbonyl (C=O) groups is 1. The average molecular weight is 339 g/mol. The molecule has 1 fully saturated rings. The van der Waals surface area contributed by atoms with Crippen molar-refractivity contribution in [3.63, 3.8) is 0 Å². The number of aliphatic hydroxyl groups is 1. The van der Waals surface area contributed by atoms with Crippen molar-refractivity contribution in [1.29, 1.82) is 0 Å². The molecule has 0 spiro atoms. The molecule has 1 amide bonds. The second kappa shape index (κ2) is 6.37. The van der Waals surface area contributed by atoms with Gasteiger partial charge < -0.3 is 25.5 Å². The maximum absolute atomic E-state index is 12.5. The van der Waals surface area contributed by atoms with Crippen LogP contribution in [0, 0.1) is 0 Å². The molecule has 1 aliphatic rings. The Morgan fingerprint density at radius 3 is 2.92 bits per heavy atom. The third kappa shape index (κ3) is 3.20. The summed E-state index contributed by atoms with van der Waals surface area (Å²) in [6, 6.07) is 5.66. The molecule has 2 atom stereocenters. The topological polar surface area (TPSA) is 86.4 Å².